The molecule has 94 valence electrons. The summed E-state index contributed by atoms with van der Waals surface area (Å²) in [6, 6.07) is 8.16. The monoisotopic (exact) mass is 315 g/mol. The molecule has 5 heteroatoms. The highest BCUT2D eigenvalue weighted by atomic mass is 79.9. The largest absolute Gasteiger partial charge is 0.381 e. The molecule has 0 unspecified atom stereocenters. The van der Waals surface area contributed by atoms with Crippen molar-refractivity contribution < 1.29 is 13.2 Å². The van der Waals surface area contributed by atoms with Crippen molar-refractivity contribution in [2.45, 2.75) is 6.54 Å². The second kappa shape index (κ2) is 5.44. The number of hydrogen-bond acceptors (Lipinski definition) is 1. The summed E-state index contributed by atoms with van der Waals surface area (Å²) in [5, 5.41) is 2.99. The van der Waals surface area contributed by atoms with Crippen LogP contribution in [0.4, 0.5) is 18.9 Å². The second-order valence-corrected chi connectivity index (χ2v) is 4.59. The van der Waals surface area contributed by atoms with E-state index in [4.69, 9.17) is 0 Å². The summed E-state index contributed by atoms with van der Waals surface area (Å²) >= 11 is 3.07. The Bertz CT molecular complexity index is 521. The molecular formula is C13H9BrF3N. The average molecular weight is 316 g/mol. The molecule has 0 aliphatic rings. The lowest BCUT2D eigenvalue weighted by Crippen LogP contribution is -2.00. The topological polar surface area (TPSA) is 12.0 Å². The van der Waals surface area contributed by atoms with E-state index in [1.54, 1.807) is 12.1 Å². The Balaban J connectivity index is 2.06. The van der Waals surface area contributed by atoms with Gasteiger partial charge in [-0.3, -0.25) is 0 Å². The number of anilines is 1. The molecule has 0 bridgehead atoms. The Morgan fingerprint density at radius 3 is 2.28 bits per heavy atom. The van der Waals surface area contributed by atoms with Crippen molar-refractivity contribution in [3.63, 3.8) is 0 Å². The van der Waals surface area contributed by atoms with Crippen molar-refractivity contribution in [1.82, 2.24) is 0 Å². The first-order valence-electron chi connectivity index (χ1n) is 5.19. The Hall–Kier alpha value is -1.49. The van der Waals surface area contributed by atoms with Crippen LogP contribution in [0.15, 0.2) is 40.9 Å². The van der Waals surface area contributed by atoms with Crippen molar-refractivity contribution in [2.24, 2.45) is 0 Å². The van der Waals surface area contributed by atoms with Crippen LogP contribution in [0.2, 0.25) is 0 Å². The van der Waals surface area contributed by atoms with Gasteiger partial charge < -0.3 is 5.32 Å². The van der Waals surface area contributed by atoms with Crippen LogP contribution in [-0.2, 0) is 6.54 Å². The summed E-state index contributed by atoms with van der Waals surface area (Å²) in [6.45, 7) is 0.329. The number of rotatable bonds is 3. The molecule has 0 fully saturated rings. The summed E-state index contributed by atoms with van der Waals surface area (Å²) in [5.74, 6) is -2.11. The van der Waals surface area contributed by atoms with Crippen LogP contribution >= 0.6 is 15.9 Å². The van der Waals surface area contributed by atoms with Gasteiger partial charge in [0.2, 0.25) is 0 Å². The van der Waals surface area contributed by atoms with E-state index in [9.17, 15) is 13.2 Å². The fourth-order valence-corrected chi connectivity index (χ4v) is 1.84. The first-order valence-corrected chi connectivity index (χ1v) is 5.98. The first kappa shape index (κ1) is 13.0. The lowest BCUT2D eigenvalue weighted by Gasteiger charge is -2.07. The van der Waals surface area contributed by atoms with Gasteiger partial charge >= 0.3 is 0 Å². The maximum atomic E-state index is 13.0. The molecule has 0 saturated carbocycles. The lowest BCUT2D eigenvalue weighted by atomic mass is 10.2. The summed E-state index contributed by atoms with van der Waals surface area (Å²) in [5.41, 5.74) is 1.29. The highest BCUT2D eigenvalue weighted by Gasteiger charge is 2.03. The minimum atomic E-state index is -0.880. The van der Waals surface area contributed by atoms with Crippen molar-refractivity contribution in [3.8, 4) is 0 Å². The molecule has 2 rings (SSSR count). The summed E-state index contributed by atoms with van der Waals surface area (Å²) in [6.07, 6.45) is 0. The molecule has 18 heavy (non-hydrogen) atoms. The zero-order valence-corrected chi connectivity index (χ0v) is 10.8. The molecule has 2 aromatic rings. The Morgan fingerprint density at radius 1 is 0.889 bits per heavy atom. The molecule has 0 atom stereocenters. The van der Waals surface area contributed by atoms with E-state index < -0.39 is 11.6 Å². The van der Waals surface area contributed by atoms with Crippen LogP contribution in [0.25, 0.3) is 0 Å². The molecule has 0 spiro atoms. The first-order chi connectivity index (χ1) is 8.56. The highest BCUT2D eigenvalue weighted by molar-refractivity contribution is 9.10. The van der Waals surface area contributed by atoms with Gasteiger partial charge in [0, 0.05) is 12.2 Å². The Labute approximate surface area is 111 Å². The molecule has 0 radical (unpaired) electrons. The quantitative estimate of drug-likeness (QED) is 0.880. The molecule has 1 N–H and O–H groups in total. The summed E-state index contributed by atoms with van der Waals surface area (Å²) in [4.78, 5) is 0. The Kier molecular flexibility index (Phi) is 3.91. The molecule has 0 amide bonds. The smallest absolute Gasteiger partial charge is 0.159 e. The van der Waals surface area contributed by atoms with Gasteiger partial charge in [-0.2, -0.15) is 0 Å². The van der Waals surface area contributed by atoms with Crippen molar-refractivity contribution in [2.75, 3.05) is 5.32 Å². The van der Waals surface area contributed by atoms with Crippen LogP contribution < -0.4 is 5.32 Å². The lowest BCUT2D eigenvalue weighted by molar-refractivity contribution is 0.507. The predicted octanol–water partition coefficient (Wildman–Crippen LogP) is 4.48. The zero-order chi connectivity index (χ0) is 13.1. The van der Waals surface area contributed by atoms with E-state index in [-0.39, 0.29) is 5.82 Å². The van der Waals surface area contributed by atoms with E-state index in [1.807, 2.05) is 0 Å². The second-order valence-electron chi connectivity index (χ2n) is 3.73. The molecule has 0 aliphatic heterocycles. The maximum Gasteiger partial charge on any atom is 0.159 e. The van der Waals surface area contributed by atoms with Gasteiger partial charge in [0.15, 0.2) is 11.6 Å². The highest BCUT2D eigenvalue weighted by Crippen LogP contribution is 2.20. The van der Waals surface area contributed by atoms with Gasteiger partial charge in [-0.15, -0.1) is 0 Å². The van der Waals surface area contributed by atoms with Crippen molar-refractivity contribution in [3.05, 3.63) is 63.9 Å². The molecule has 0 aromatic heterocycles. The molecule has 0 saturated heterocycles. The van der Waals surface area contributed by atoms with Gasteiger partial charge in [0.1, 0.15) is 5.82 Å². The molecule has 1 nitrogen and oxygen atoms in total. The third kappa shape index (κ3) is 3.04. The fourth-order valence-electron chi connectivity index (χ4n) is 1.46. The SMILES string of the molecule is Fc1ccc(CNc2ccc(F)c(Br)c2)cc1F. The van der Waals surface area contributed by atoms with Crippen LogP contribution in [-0.4, -0.2) is 0 Å². The molecule has 2 aromatic carbocycles. The summed E-state index contributed by atoms with van der Waals surface area (Å²) < 4.78 is 39.0. The molecule has 0 heterocycles. The van der Waals surface area contributed by atoms with Gasteiger partial charge in [0.25, 0.3) is 0 Å². The minimum absolute atomic E-state index is 0.329. The van der Waals surface area contributed by atoms with Crippen LogP contribution in [0.3, 0.4) is 0 Å². The summed E-state index contributed by atoms with van der Waals surface area (Å²) in [7, 11) is 0. The number of nitrogens with one attached hydrogen (secondary N) is 1. The van der Waals surface area contributed by atoms with Crippen molar-refractivity contribution in [1.29, 1.82) is 0 Å². The number of hydrogen-bond donors (Lipinski definition) is 1. The number of benzene rings is 2. The van der Waals surface area contributed by atoms with E-state index in [0.29, 0.717) is 22.3 Å². The van der Waals surface area contributed by atoms with E-state index >= 15 is 0 Å². The Morgan fingerprint density at radius 2 is 1.61 bits per heavy atom. The number of halogens is 4. The van der Waals surface area contributed by atoms with Crippen LogP contribution in [0, 0.1) is 17.5 Å². The van der Waals surface area contributed by atoms with Gasteiger partial charge in [-0.25, -0.2) is 13.2 Å². The third-order valence-electron chi connectivity index (χ3n) is 2.40. The van der Waals surface area contributed by atoms with E-state index in [1.165, 1.54) is 12.1 Å². The van der Waals surface area contributed by atoms with Gasteiger partial charge in [-0.05, 0) is 51.8 Å². The normalized spacial score (nSPS) is 10.4. The van der Waals surface area contributed by atoms with Crippen LogP contribution in [0.5, 0.6) is 0 Å². The fraction of sp³-hybridized carbons (Fsp3) is 0.0769. The van der Waals surface area contributed by atoms with Crippen molar-refractivity contribution >= 4 is 21.6 Å². The minimum Gasteiger partial charge on any atom is -0.381 e. The van der Waals surface area contributed by atoms with E-state index in [2.05, 4.69) is 21.2 Å². The third-order valence-corrected chi connectivity index (χ3v) is 3.01. The maximum absolute atomic E-state index is 13.0. The predicted molar refractivity (Wildman–Crippen MR) is 67.8 cm³/mol. The zero-order valence-electron chi connectivity index (χ0n) is 9.18. The molecular weight excluding hydrogens is 307 g/mol. The van der Waals surface area contributed by atoms with Gasteiger partial charge in [0.05, 0.1) is 4.47 Å². The molecule has 0 aliphatic carbocycles. The van der Waals surface area contributed by atoms with Crippen LogP contribution in [0.1, 0.15) is 5.56 Å². The van der Waals surface area contributed by atoms with Gasteiger partial charge in [-0.1, -0.05) is 6.07 Å². The van der Waals surface area contributed by atoms with E-state index in [0.717, 1.165) is 12.1 Å². The standard InChI is InChI=1S/C13H9BrF3N/c14-10-6-9(2-4-11(10)15)18-7-8-1-3-12(16)13(17)5-8/h1-6,18H,7H2. The average Bonchev–Trinajstić information content (AvgIpc) is 2.35.